The van der Waals surface area contributed by atoms with Crippen LogP contribution in [-0.4, -0.2) is 29.5 Å². The van der Waals surface area contributed by atoms with Crippen LogP contribution in [0.4, 0.5) is 5.69 Å². The minimum absolute atomic E-state index is 0.664. The van der Waals surface area contributed by atoms with Gasteiger partial charge in [-0.15, -0.1) is 0 Å². The lowest BCUT2D eigenvalue weighted by Gasteiger charge is -2.33. The molecule has 0 bridgehead atoms. The van der Waals surface area contributed by atoms with Crippen molar-refractivity contribution in [3.63, 3.8) is 0 Å². The van der Waals surface area contributed by atoms with E-state index in [1.165, 1.54) is 48.9 Å². The van der Waals surface area contributed by atoms with Crippen molar-refractivity contribution in [3.8, 4) is 0 Å². The summed E-state index contributed by atoms with van der Waals surface area (Å²) in [6.07, 6.45) is 12.3. The average molecular weight is 323 g/mol. The van der Waals surface area contributed by atoms with Crippen molar-refractivity contribution in [1.29, 1.82) is 0 Å². The van der Waals surface area contributed by atoms with Gasteiger partial charge in [-0.05, 0) is 80.9 Å². The summed E-state index contributed by atoms with van der Waals surface area (Å²) >= 11 is 0. The lowest BCUT2D eigenvalue weighted by molar-refractivity contribution is 0.217. The van der Waals surface area contributed by atoms with Crippen LogP contribution in [0.15, 0.2) is 42.7 Å². The lowest BCUT2D eigenvalue weighted by atomic mass is 9.86. The molecule has 2 N–H and O–H groups in total. The first-order valence-corrected chi connectivity index (χ1v) is 9.19. The van der Waals surface area contributed by atoms with E-state index in [-0.39, 0.29) is 0 Å². The molecule has 0 spiro atoms. The lowest BCUT2D eigenvalue weighted by Crippen LogP contribution is -2.37. The van der Waals surface area contributed by atoms with Gasteiger partial charge in [-0.2, -0.15) is 0 Å². The third-order valence-electron chi connectivity index (χ3n) is 5.31. The Morgan fingerprint density at radius 1 is 1.17 bits per heavy atom. The van der Waals surface area contributed by atoms with Gasteiger partial charge in [-0.3, -0.25) is 4.98 Å². The minimum atomic E-state index is 0.664. The van der Waals surface area contributed by atoms with Gasteiger partial charge < -0.3 is 10.6 Å². The summed E-state index contributed by atoms with van der Waals surface area (Å²) in [5, 5.41) is 0. The second-order valence-corrected chi connectivity index (χ2v) is 7.03. The van der Waals surface area contributed by atoms with E-state index in [1.54, 1.807) is 0 Å². The topological polar surface area (TPSA) is 42.2 Å². The Morgan fingerprint density at radius 3 is 2.92 bits per heavy atom. The molecule has 0 fully saturated rings. The van der Waals surface area contributed by atoms with E-state index in [0.29, 0.717) is 6.04 Å². The number of hydrogen-bond donors (Lipinski definition) is 1. The number of benzene rings is 1. The fourth-order valence-corrected chi connectivity index (χ4v) is 3.79. The zero-order valence-corrected chi connectivity index (χ0v) is 14.7. The van der Waals surface area contributed by atoms with Crippen LogP contribution in [-0.2, 0) is 19.3 Å². The zero-order chi connectivity index (χ0) is 16.8. The van der Waals surface area contributed by atoms with Crippen molar-refractivity contribution in [1.82, 2.24) is 9.88 Å². The molecule has 1 aromatic carbocycles. The van der Waals surface area contributed by atoms with Crippen molar-refractivity contribution in [2.24, 2.45) is 0 Å². The maximum atomic E-state index is 6.11. The van der Waals surface area contributed by atoms with E-state index in [9.17, 15) is 0 Å². The minimum Gasteiger partial charge on any atom is -0.398 e. The van der Waals surface area contributed by atoms with E-state index >= 15 is 0 Å². The van der Waals surface area contributed by atoms with Crippen molar-refractivity contribution in [2.75, 3.05) is 19.3 Å². The Kier molecular flexibility index (Phi) is 5.86. The highest BCUT2D eigenvalue weighted by atomic mass is 15.1. The number of likely N-dealkylation sites (N-methyl/N-ethyl adjacent to an activating group) is 1. The van der Waals surface area contributed by atoms with Gasteiger partial charge in [0.05, 0.1) is 0 Å². The maximum absolute atomic E-state index is 6.11. The van der Waals surface area contributed by atoms with Crippen LogP contribution in [0, 0.1) is 0 Å². The van der Waals surface area contributed by atoms with Crippen LogP contribution in [0.3, 0.4) is 0 Å². The van der Waals surface area contributed by atoms with Crippen molar-refractivity contribution >= 4 is 5.69 Å². The molecule has 0 aliphatic heterocycles. The Labute approximate surface area is 145 Å². The Hall–Kier alpha value is -1.87. The van der Waals surface area contributed by atoms with Gasteiger partial charge in [0.2, 0.25) is 0 Å². The second kappa shape index (κ2) is 8.29. The molecule has 0 saturated carbocycles. The predicted octanol–water partition coefficient (Wildman–Crippen LogP) is 3.87. The number of aromatic nitrogens is 1. The molecule has 1 atom stereocenters. The number of nitrogens with two attached hydrogens (primary N) is 1. The maximum Gasteiger partial charge on any atom is 0.0349 e. The Bertz CT molecular complexity index is 639. The zero-order valence-electron chi connectivity index (χ0n) is 14.7. The number of anilines is 1. The summed E-state index contributed by atoms with van der Waals surface area (Å²) in [5.74, 6) is 0. The number of hydrogen-bond acceptors (Lipinski definition) is 3. The average Bonchev–Trinajstić information content (AvgIpc) is 2.62. The van der Waals surface area contributed by atoms with Crippen LogP contribution in [0.2, 0.25) is 0 Å². The van der Waals surface area contributed by atoms with Crippen LogP contribution in [0.1, 0.15) is 42.4 Å². The monoisotopic (exact) mass is 323 g/mol. The van der Waals surface area contributed by atoms with Gasteiger partial charge in [0, 0.05) is 24.1 Å². The third-order valence-corrected chi connectivity index (χ3v) is 5.31. The fraction of sp³-hybridized carbons (Fsp3) is 0.476. The van der Waals surface area contributed by atoms with Gasteiger partial charge >= 0.3 is 0 Å². The van der Waals surface area contributed by atoms with Crippen molar-refractivity contribution in [3.05, 3.63) is 59.4 Å². The number of nitrogen functional groups attached to an aromatic ring is 1. The van der Waals surface area contributed by atoms with Gasteiger partial charge in [-0.25, -0.2) is 0 Å². The first-order chi connectivity index (χ1) is 11.7. The molecule has 1 unspecified atom stereocenters. The number of rotatable bonds is 7. The summed E-state index contributed by atoms with van der Waals surface area (Å²) in [6.45, 7) is 1.19. The highest BCUT2D eigenvalue weighted by molar-refractivity contribution is 5.52. The molecule has 1 heterocycles. The van der Waals surface area contributed by atoms with Gasteiger partial charge in [0.1, 0.15) is 0 Å². The fourth-order valence-electron chi connectivity index (χ4n) is 3.79. The predicted molar refractivity (Wildman–Crippen MR) is 101 cm³/mol. The number of pyridine rings is 1. The number of nitrogens with zero attached hydrogens (tertiary/aromatic N) is 2. The molecule has 128 valence electrons. The molecule has 1 aromatic heterocycles. The normalized spacial score (nSPS) is 17.0. The largest absolute Gasteiger partial charge is 0.398 e. The molecule has 1 aliphatic carbocycles. The molecule has 2 aromatic rings. The quantitative estimate of drug-likeness (QED) is 0.621. The standard InChI is InChI=1S/C21H29N3/c1-24(14-4-2-3-7-17-8-6-13-23-16-17)19-11-12-20-18(15-19)9-5-10-21(20)22/h5-6,8-10,13,16,19H,2-4,7,11-12,14-15,22H2,1H3. The summed E-state index contributed by atoms with van der Waals surface area (Å²) in [6, 6.07) is 11.2. The van der Waals surface area contributed by atoms with E-state index < -0.39 is 0 Å². The first kappa shape index (κ1) is 17.0. The number of unbranched alkanes of at least 4 members (excludes halogenated alkanes) is 2. The molecular weight excluding hydrogens is 294 g/mol. The summed E-state index contributed by atoms with van der Waals surface area (Å²) in [7, 11) is 2.28. The number of fused-ring (bicyclic) bond motifs is 1. The van der Waals surface area contributed by atoms with Gasteiger partial charge in [0.15, 0.2) is 0 Å². The Balaban J connectivity index is 1.39. The van der Waals surface area contributed by atoms with Crippen molar-refractivity contribution < 1.29 is 0 Å². The second-order valence-electron chi connectivity index (χ2n) is 7.03. The van der Waals surface area contributed by atoms with Crippen molar-refractivity contribution in [2.45, 2.75) is 51.0 Å². The SMILES string of the molecule is CN(CCCCCc1cccnc1)C1CCc2c(N)cccc2C1. The molecule has 0 saturated heterocycles. The molecule has 0 radical (unpaired) electrons. The number of aryl methyl sites for hydroxylation is 1. The first-order valence-electron chi connectivity index (χ1n) is 9.19. The summed E-state index contributed by atoms with van der Waals surface area (Å²) in [5.41, 5.74) is 11.3. The molecule has 3 rings (SSSR count). The molecule has 0 amide bonds. The van der Waals surface area contributed by atoms with E-state index in [0.717, 1.165) is 24.9 Å². The molecular formula is C21H29N3. The van der Waals surface area contributed by atoms with Crippen LogP contribution in [0.5, 0.6) is 0 Å². The molecule has 3 nitrogen and oxygen atoms in total. The molecule has 24 heavy (non-hydrogen) atoms. The van der Waals surface area contributed by atoms with Gasteiger partial charge in [0.25, 0.3) is 0 Å². The van der Waals surface area contributed by atoms with Crippen LogP contribution >= 0.6 is 0 Å². The Morgan fingerprint density at radius 2 is 2.08 bits per heavy atom. The highest BCUT2D eigenvalue weighted by Gasteiger charge is 2.22. The van der Waals surface area contributed by atoms with E-state index in [4.69, 9.17) is 5.73 Å². The van der Waals surface area contributed by atoms with E-state index in [2.05, 4.69) is 35.1 Å². The summed E-state index contributed by atoms with van der Waals surface area (Å²) < 4.78 is 0. The highest BCUT2D eigenvalue weighted by Crippen LogP contribution is 2.28. The third kappa shape index (κ3) is 4.35. The smallest absolute Gasteiger partial charge is 0.0349 e. The molecule has 3 heteroatoms. The summed E-state index contributed by atoms with van der Waals surface area (Å²) in [4.78, 5) is 6.73. The van der Waals surface area contributed by atoms with E-state index in [1.807, 2.05) is 24.5 Å². The van der Waals surface area contributed by atoms with Crippen LogP contribution in [0.25, 0.3) is 0 Å². The van der Waals surface area contributed by atoms with Crippen LogP contribution < -0.4 is 5.73 Å². The van der Waals surface area contributed by atoms with Gasteiger partial charge in [-0.1, -0.05) is 24.6 Å². The molecule has 1 aliphatic rings.